The van der Waals surface area contributed by atoms with Gasteiger partial charge in [0.25, 0.3) is 5.91 Å². The molecule has 1 saturated heterocycles. The number of carbonyl (C=O) groups is 2. The van der Waals surface area contributed by atoms with E-state index in [0.29, 0.717) is 53.8 Å². The van der Waals surface area contributed by atoms with Crippen LogP contribution in [0.25, 0.3) is 0 Å². The van der Waals surface area contributed by atoms with Crippen LogP contribution in [0.1, 0.15) is 15.9 Å². The number of anilines is 2. The third kappa shape index (κ3) is 5.55. The highest BCUT2D eigenvalue weighted by Gasteiger charge is 2.25. The van der Waals surface area contributed by atoms with Crippen molar-refractivity contribution in [3.05, 3.63) is 58.6 Å². The number of hydrogen-bond acceptors (Lipinski definition) is 5. The van der Waals surface area contributed by atoms with Gasteiger partial charge in [-0.25, -0.2) is 8.42 Å². The third-order valence-electron chi connectivity index (χ3n) is 4.93. The van der Waals surface area contributed by atoms with E-state index in [1.54, 1.807) is 54.3 Å². The van der Waals surface area contributed by atoms with E-state index in [1.807, 2.05) is 0 Å². The average Bonchev–Trinajstić information content (AvgIpc) is 2.74. The van der Waals surface area contributed by atoms with Gasteiger partial charge in [-0.2, -0.15) is 0 Å². The Bertz CT molecular complexity index is 1080. The highest BCUT2D eigenvalue weighted by atomic mass is 35.5. The topological polar surface area (TPSA) is 96.0 Å². The van der Waals surface area contributed by atoms with E-state index in [4.69, 9.17) is 16.3 Å². The Morgan fingerprint density at radius 2 is 1.81 bits per heavy atom. The van der Waals surface area contributed by atoms with Crippen molar-refractivity contribution in [1.82, 2.24) is 4.90 Å². The van der Waals surface area contributed by atoms with Crippen molar-refractivity contribution in [3.8, 4) is 0 Å². The molecule has 3 rings (SSSR count). The molecule has 1 N–H and O–H groups in total. The minimum absolute atomic E-state index is 0.218. The normalized spacial score (nSPS) is 14.2. The molecule has 0 radical (unpaired) electrons. The predicted molar refractivity (Wildman–Crippen MR) is 120 cm³/mol. The highest BCUT2D eigenvalue weighted by molar-refractivity contribution is 7.92. The first-order valence-electron chi connectivity index (χ1n) is 9.67. The summed E-state index contributed by atoms with van der Waals surface area (Å²) in [6, 6.07) is 11.5. The number of benzene rings is 2. The molecule has 2 amide bonds. The Balaban J connectivity index is 1.82. The van der Waals surface area contributed by atoms with Crippen molar-refractivity contribution < 1.29 is 22.7 Å². The number of carbonyl (C=O) groups excluding carboxylic acids is 2. The fraction of sp³-hybridized carbons (Fsp3) is 0.333. The Labute approximate surface area is 186 Å². The number of para-hydroxylation sites is 1. The molecule has 10 heteroatoms. The van der Waals surface area contributed by atoms with E-state index in [2.05, 4.69) is 5.32 Å². The third-order valence-corrected chi connectivity index (χ3v) is 6.46. The summed E-state index contributed by atoms with van der Waals surface area (Å²) < 4.78 is 31.1. The second-order valence-corrected chi connectivity index (χ2v) is 9.47. The van der Waals surface area contributed by atoms with Crippen molar-refractivity contribution in [2.45, 2.75) is 6.92 Å². The molecule has 0 saturated carbocycles. The summed E-state index contributed by atoms with van der Waals surface area (Å²) in [6.07, 6.45) is 1.02. The minimum Gasteiger partial charge on any atom is -0.378 e. The summed E-state index contributed by atoms with van der Waals surface area (Å²) in [6.45, 7) is 3.09. The van der Waals surface area contributed by atoms with Gasteiger partial charge in [0.1, 0.15) is 6.54 Å². The minimum atomic E-state index is -3.76. The van der Waals surface area contributed by atoms with Gasteiger partial charge < -0.3 is 15.0 Å². The van der Waals surface area contributed by atoms with E-state index < -0.39 is 22.5 Å². The van der Waals surface area contributed by atoms with Crippen LogP contribution in [0, 0.1) is 6.92 Å². The van der Waals surface area contributed by atoms with Crippen LogP contribution in [-0.2, 0) is 19.6 Å². The van der Waals surface area contributed by atoms with Crippen LogP contribution in [0.3, 0.4) is 0 Å². The molecule has 31 heavy (non-hydrogen) atoms. The SMILES string of the molecule is Cc1c(Cl)cccc1N(CC(=O)Nc1ccccc1C(=O)N1CCOCC1)S(C)(=O)=O. The Morgan fingerprint density at radius 3 is 2.48 bits per heavy atom. The number of nitrogens with zero attached hydrogens (tertiary/aromatic N) is 2. The summed E-state index contributed by atoms with van der Waals surface area (Å²) in [4.78, 5) is 27.3. The van der Waals surface area contributed by atoms with Gasteiger partial charge in [-0.05, 0) is 36.8 Å². The molecule has 2 aromatic rings. The zero-order chi connectivity index (χ0) is 22.6. The van der Waals surface area contributed by atoms with Gasteiger partial charge in [-0.15, -0.1) is 0 Å². The van der Waals surface area contributed by atoms with Crippen LogP contribution in [0.15, 0.2) is 42.5 Å². The number of morpholine rings is 1. The van der Waals surface area contributed by atoms with Gasteiger partial charge in [0.15, 0.2) is 0 Å². The summed E-state index contributed by atoms with van der Waals surface area (Å²) in [7, 11) is -3.76. The number of nitrogens with one attached hydrogen (secondary N) is 1. The fourth-order valence-corrected chi connectivity index (χ4v) is 4.36. The first kappa shape index (κ1) is 23.1. The van der Waals surface area contributed by atoms with Crippen LogP contribution in [0.2, 0.25) is 5.02 Å². The van der Waals surface area contributed by atoms with E-state index in [0.717, 1.165) is 10.6 Å². The summed E-state index contributed by atoms with van der Waals surface area (Å²) in [5.74, 6) is -0.795. The quantitative estimate of drug-likeness (QED) is 0.707. The van der Waals surface area contributed by atoms with Crippen LogP contribution in [0.4, 0.5) is 11.4 Å². The number of amides is 2. The van der Waals surface area contributed by atoms with Crippen LogP contribution in [0.5, 0.6) is 0 Å². The van der Waals surface area contributed by atoms with Crippen molar-refractivity contribution in [2.24, 2.45) is 0 Å². The summed E-state index contributed by atoms with van der Waals surface area (Å²) >= 11 is 6.13. The average molecular weight is 466 g/mol. The van der Waals surface area contributed by atoms with Crippen molar-refractivity contribution >= 4 is 44.8 Å². The number of hydrogen-bond donors (Lipinski definition) is 1. The van der Waals surface area contributed by atoms with Gasteiger partial charge in [-0.1, -0.05) is 29.8 Å². The second-order valence-electron chi connectivity index (χ2n) is 7.15. The molecule has 1 fully saturated rings. The predicted octanol–water partition coefficient (Wildman–Crippen LogP) is 2.53. The monoisotopic (exact) mass is 465 g/mol. The van der Waals surface area contributed by atoms with Gasteiger partial charge in [-0.3, -0.25) is 13.9 Å². The van der Waals surface area contributed by atoms with E-state index in [1.165, 1.54) is 0 Å². The highest BCUT2D eigenvalue weighted by Crippen LogP contribution is 2.28. The van der Waals surface area contributed by atoms with Gasteiger partial charge in [0.2, 0.25) is 15.9 Å². The molecule has 1 aliphatic heterocycles. The molecule has 0 atom stereocenters. The first-order valence-corrected chi connectivity index (χ1v) is 11.9. The molecule has 0 aromatic heterocycles. The molecule has 8 nitrogen and oxygen atoms in total. The van der Waals surface area contributed by atoms with Gasteiger partial charge >= 0.3 is 0 Å². The number of rotatable bonds is 6. The molecular formula is C21H24ClN3O5S. The van der Waals surface area contributed by atoms with Gasteiger partial charge in [0.05, 0.1) is 36.4 Å². The lowest BCUT2D eigenvalue weighted by molar-refractivity contribution is -0.114. The molecule has 166 valence electrons. The zero-order valence-corrected chi connectivity index (χ0v) is 18.9. The molecule has 0 bridgehead atoms. The Kier molecular flexibility index (Phi) is 7.19. The molecular weight excluding hydrogens is 442 g/mol. The zero-order valence-electron chi connectivity index (χ0n) is 17.3. The second kappa shape index (κ2) is 9.67. The van der Waals surface area contributed by atoms with Crippen molar-refractivity contribution in [3.63, 3.8) is 0 Å². The number of ether oxygens (including phenoxy) is 1. The van der Waals surface area contributed by atoms with Crippen LogP contribution in [-0.4, -0.2) is 64.2 Å². The fourth-order valence-electron chi connectivity index (χ4n) is 3.28. The molecule has 1 heterocycles. The first-order chi connectivity index (χ1) is 14.7. The largest absolute Gasteiger partial charge is 0.378 e. The Hall–Kier alpha value is -2.62. The maximum Gasteiger partial charge on any atom is 0.256 e. The van der Waals surface area contributed by atoms with Crippen molar-refractivity contribution in [1.29, 1.82) is 0 Å². The van der Waals surface area contributed by atoms with Crippen LogP contribution >= 0.6 is 11.6 Å². The lowest BCUT2D eigenvalue weighted by Gasteiger charge is -2.28. The standard InChI is InChI=1S/C21H24ClN3O5S/c1-15-17(22)7-5-9-19(15)25(31(2,28)29)14-20(26)23-18-8-4-3-6-16(18)21(27)24-10-12-30-13-11-24/h3-9H,10-14H2,1-2H3,(H,23,26). The maximum absolute atomic E-state index is 12.9. The molecule has 0 aliphatic carbocycles. The lowest BCUT2D eigenvalue weighted by atomic mass is 10.1. The lowest BCUT2D eigenvalue weighted by Crippen LogP contribution is -2.41. The summed E-state index contributed by atoms with van der Waals surface area (Å²) in [5, 5.41) is 3.08. The van der Waals surface area contributed by atoms with E-state index in [-0.39, 0.29) is 5.91 Å². The number of halogens is 1. The van der Waals surface area contributed by atoms with E-state index in [9.17, 15) is 18.0 Å². The molecule has 0 unspecified atom stereocenters. The smallest absolute Gasteiger partial charge is 0.256 e. The molecule has 2 aromatic carbocycles. The van der Waals surface area contributed by atoms with Gasteiger partial charge in [0, 0.05) is 18.1 Å². The molecule has 1 aliphatic rings. The van der Waals surface area contributed by atoms with Crippen LogP contribution < -0.4 is 9.62 Å². The van der Waals surface area contributed by atoms with Crippen molar-refractivity contribution in [2.75, 3.05) is 48.7 Å². The van der Waals surface area contributed by atoms with E-state index >= 15 is 0 Å². The number of sulfonamides is 1. The summed E-state index contributed by atoms with van der Waals surface area (Å²) in [5.41, 5.74) is 1.52. The maximum atomic E-state index is 12.9. The molecule has 0 spiro atoms. The Morgan fingerprint density at radius 1 is 1.13 bits per heavy atom.